The second kappa shape index (κ2) is 6.07. The minimum absolute atomic E-state index is 0.324. The van der Waals surface area contributed by atoms with Crippen molar-refractivity contribution in [1.82, 2.24) is 15.3 Å². The summed E-state index contributed by atoms with van der Waals surface area (Å²) in [5.74, 6) is 0.912. The van der Waals surface area contributed by atoms with Crippen molar-refractivity contribution < 1.29 is 4.74 Å². The van der Waals surface area contributed by atoms with Crippen LogP contribution < -0.4 is 5.32 Å². The van der Waals surface area contributed by atoms with Crippen LogP contribution in [0.4, 0.5) is 0 Å². The summed E-state index contributed by atoms with van der Waals surface area (Å²) in [7, 11) is 0. The molecule has 4 heteroatoms. The van der Waals surface area contributed by atoms with E-state index >= 15 is 0 Å². The second-order valence-corrected chi connectivity index (χ2v) is 4.54. The Bertz CT molecular complexity index is 362. The Balaban J connectivity index is 2.01. The van der Waals surface area contributed by atoms with Gasteiger partial charge >= 0.3 is 0 Å². The van der Waals surface area contributed by atoms with Crippen molar-refractivity contribution in [3.63, 3.8) is 0 Å². The molecule has 1 unspecified atom stereocenters. The van der Waals surface area contributed by atoms with Crippen molar-refractivity contribution in [2.75, 3.05) is 13.2 Å². The highest BCUT2D eigenvalue weighted by molar-refractivity contribution is 5.15. The van der Waals surface area contributed by atoms with Gasteiger partial charge in [-0.3, -0.25) is 0 Å². The third-order valence-corrected chi connectivity index (χ3v) is 3.10. The molecular weight excluding hydrogens is 214 g/mol. The lowest BCUT2D eigenvalue weighted by Gasteiger charge is -2.10. The van der Waals surface area contributed by atoms with Crippen molar-refractivity contribution in [3.8, 4) is 0 Å². The molecule has 4 nitrogen and oxygen atoms in total. The minimum atomic E-state index is 0.324. The zero-order valence-electron chi connectivity index (χ0n) is 10.7. The van der Waals surface area contributed by atoms with Crippen LogP contribution in [0.3, 0.4) is 0 Å². The third kappa shape index (κ3) is 3.48. The van der Waals surface area contributed by atoms with E-state index in [1.807, 2.05) is 6.20 Å². The predicted octanol–water partition coefficient (Wildman–Crippen LogP) is 1.62. The SMILES string of the molecule is CCNCc1nc(CC2CCCO2)ncc1C. The van der Waals surface area contributed by atoms with Crippen molar-refractivity contribution >= 4 is 0 Å². The number of hydrogen-bond donors (Lipinski definition) is 1. The quantitative estimate of drug-likeness (QED) is 0.842. The van der Waals surface area contributed by atoms with Crippen LogP contribution in [0.15, 0.2) is 6.20 Å². The molecule has 1 N–H and O–H groups in total. The van der Waals surface area contributed by atoms with Crippen molar-refractivity contribution in [2.24, 2.45) is 0 Å². The van der Waals surface area contributed by atoms with E-state index in [9.17, 15) is 0 Å². The van der Waals surface area contributed by atoms with Crippen LogP contribution in [0, 0.1) is 6.92 Å². The molecule has 1 fully saturated rings. The van der Waals surface area contributed by atoms with E-state index in [1.54, 1.807) is 0 Å². The molecule has 94 valence electrons. The highest BCUT2D eigenvalue weighted by atomic mass is 16.5. The van der Waals surface area contributed by atoms with Crippen LogP contribution in [-0.2, 0) is 17.7 Å². The molecule has 0 radical (unpaired) electrons. The summed E-state index contributed by atoms with van der Waals surface area (Å²) < 4.78 is 5.61. The van der Waals surface area contributed by atoms with Gasteiger partial charge in [-0.05, 0) is 31.9 Å². The minimum Gasteiger partial charge on any atom is -0.378 e. The first kappa shape index (κ1) is 12.5. The van der Waals surface area contributed by atoms with Gasteiger partial charge in [0, 0.05) is 25.8 Å². The molecule has 17 heavy (non-hydrogen) atoms. The predicted molar refractivity (Wildman–Crippen MR) is 66.8 cm³/mol. The number of ether oxygens (including phenoxy) is 1. The van der Waals surface area contributed by atoms with E-state index in [-0.39, 0.29) is 0 Å². The van der Waals surface area contributed by atoms with Crippen LogP contribution >= 0.6 is 0 Å². The van der Waals surface area contributed by atoms with Crippen LogP contribution in [0.2, 0.25) is 0 Å². The van der Waals surface area contributed by atoms with Gasteiger partial charge in [0.2, 0.25) is 0 Å². The largest absolute Gasteiger partial charge is 0.378 e. The first-order chi connectivity index (χ1) is 8.29. The molecule has 1 aromatic heterocycles. The van der Waals surface area contributed by atoms with Crippen molar-refractivity contribution in [2.45, 2.75) is 45.8 Å². The summed E-state index contributed by atoms with van der Waals surface area (Å²) in [6.07, 6.45) is 5.40. The maximum absolute atomic E-state index is 5.61. The average Bonchev–Trinajstić information content (AvgIpc) is 2.82. The van der Waals surface area contributed by atoms with E-state index in [1.165, 1.54) is 6.42 Å². The van der Waals surface area contributed by atoms with E-state index in [0.29, 0.717) is 6.10 Å². The molecule has 0 saturated carbocycles. The molecule has 0 amide bonds. The molecule has 2 heterocycles. The first-order valence-electron chi connectivity index (χ1n) is 6.43. The van der Waals surface area contributed by atoms with Gasteiger partial charge in [-0.2, -0.15) is 0 Å². The lowest BCUT2D eigenvalue weighted by atomic mass is 10.1. The van der Waals surface area contributed by atoms with Crippen molar-refractivity contribution in [3.05, 3.63) is 23.3 Å². The van der Waals surface area contributed by atoms with Gasteiger partial charge < -0.3 is 10.1 Å². The van der Waals surface area contributed by atoms with E-state index in [4.69, 9.17) is 4.74 Å². The van der Waals surface area contributed by atoms with Crippen LogP contribution in [-0.4, -0.2) is 29.2 Å². The summed E-state index contributed by atoms with van der Waals surface area (Å²) in [5.41, 5.74) is 2.26. The Morgan fingerprint density at radius 3 is 3.12 bits per heavy atom. The van der Waals surface area contributed by atoms with Gasteiger partial charge in [0.1, 0.15) is 5.82 Å². The van der Waals surface area contributed by atoms with Crippen LogP contribution in [0.5, 0.6) is 0 Å². The van der Waals surface area contributed by atoms with Gasteiger partial charge in [-0.1, -0.05) is 6.92 Å². The monoisotopic (exact) mass is 235 g/mol. The van der Waals surface area contributed by atoms with Gasteiger partial charge in [-0.25, -0.2) is 9.97 Å². The Hall–Kier alpha value is -1.00. The lowest BCUT2D eigenvalue weighted by molar-refractivity contribution is 0.110. The second-order valence-electron chi connectivity index (χ2n) is 4.54. The molecule has 1 aromatic rings. The number of nitrogens with zero attached hydrogens (tertiary/aromatic N) is 2. The maximum atomic E-state index is 5.61. The summed E-state index contributed by atoms with van der Waals surface area (Å²) >= 11 is 0. The highest BCUT2D eigenvalue weighted by Crippen LogP contribution is 2.16. The Morgan fingerprint density at radius 1 is 1.53 bits per heavy atom. The molecule has 0 aromatic carbocycles. The molecule has 1 aliphatic heterocycles. The highest BCUT2D eigenvalue weighted by Gasteiger charge is 2.17. The molecule has 0 aliphatic carbocycles. The van der Waals surface area contributed by atoms with Gasteiger partial charge in [0.05, 0.1) is 11.8 Å². The number of hydrogen-bond acceptors (Lipinski definition) is 4. The van der Waals surface area contributed by atoms with Gasteiger partial charge in [0.25, 0.3) is 0 Å². The zero-order valence-corrected chi connectivity index (χ0v) is 10.7. The topological polar surface area (TPSA) is 47.0 Å². The standard InChI is InChI=1S/C13H21N3O/c1-3-14-9-12-10(2)8-15-13(16-12)7-11-5-4-6-17-11/h8,11,14H,3-7,9H2,1-2H3. The number of aryl methyl sites for hydroxylation is 1. The van der Waals surface area contributed by atoms with Crippen molar-refractivity contribution in [1.29, 1.82) is 0 Å². The first-order valence-corrected chi connectivity index (χ1v) is 6.43. The fourth-order valence-corrected chi connectivity index (χ4v) is 2.05. The molecule has 1 aliphatic rings. The molecule has 1 atom stereocenters. The Labute approximate surface area is 103 Å². The molecule has 0 bridgehead atoms. The molecular formula is C13H21N3O. The third-order valence-electron chi connectivity index (χ3n) is 3.10. The average molecular weight is 235 g/mol. The lowest BCUT2D eigenvalue weighted by Crippen LogP contribution is -2.17. The van der Waals surface area contributed by atoms with Gasteiger partial charge in [-0.15, -0.1) is 0 Å². The summed E-state index contributed by atoms with van der Waals surface area (Å²) in [5, 5.41) is 3.30. The normalized spacial score (nSPS) is 19.8. The summed E-state index contributed by atoms with van der Waals surface area (Å²) in [4.78, 5) is 9.01. The van der Waals surface area contributed by atoms with Crippen LogP contribution in [0.1, 0.15) is 36.8 Å². The van der Waals surface area contributed by atoms with E-state index in [2.05, 4.69) is 29.1 Å². The smallest absolute Gasteiger partial charge is 0.131 e. The Morgan fingerprint density at radius 2 is 2.41 bits per heavy atom. The number of nitrogens with one attached hydrogen (secondary N) is 1. The summed E-state index contributed by atoms with van der Waals surface area (Å²) in [6, 6.07) is 0. The molecule has 2 rings (SSSR count). The van der Waals surface area contributed by atoms with Gasteiger partial charge in [0.15, 0.2) is 0 Å². The zero-order chi connectivity index (χ0) is 12.1. The van der Waals surface area contributed by atoms with E-state index < -0.39 is 0 Å². The molecule has 1 saturated heterocycles. The maximum Gasteiger partial charge on any atom is 0.131 e. The number of rotatable bonds is 5. The fraction of sp³-hybridized carbons (Fsp3) is 0.692. The molecule has 0 spiro atoms. The fourth-order valence-electron chi connectivity index (χ4n) is 2.05. The summed E-state index contributed by atoms with van der Waals surface area (Å²) in [6.45, 7) is 6.83. The van der Waals surface area contributed by atoms with E-state index in [0.717, 1.165) is 49.6 Å². The Kier molecular flexibility index (Phi) is 4.45. The van der Waals surface area contributed by atoms with Crippen LogP contribution in [0.25, 0.3) is 0 Å². The number of aromatic nitrogens is 2.